The van der Waals surface area contributed by atoms with Crippen molar-refractivity contribution in [3.63, 3.8) is 0 Å². The van der Waals surface area contributed by atoms with E-state index in [1.165, 1.54) is 17.4 Å². The van der Waals surface area contributed by atoms with Crippen molar-refractivity contribution < 1.29 is 0 Å². The molecule has 1 saturated heterocycles. The molecule has 0 spiro atoms. The van der Waals surface area contributed by atoms with E-state index in [1.54, 1.807) is 6.33 Å². The molecule has 1 N–H and O–H groups in total. The molecule has 0 saturated carbocycles. The normalized spacial score (nSPS) is 20.4. The van der Waals surface area contributed by atoms with Crippen LogP contribution in [0, 0.1) is 5.92 Å². The van der Waals surface area contributed by atoms with Gasteiger partial charge in [-0.1, -0.05) is 13.8 Å². The number of nitrogens with one attached hydrogen (secondary N) is 1. The zero-order chi connectivity index (χ0) is 11.8. The van der Waals surface area contributed by atoms with E-state index in [1.807, 2.05) is 0 Å². The molecule has 0 aromatic carbocycles. The first-order valence-corrected chi connectivity index (χ1v) is 6.35. The van der Waals surface area contributed by atoms with E-state index in [0.29, 0.717) is 0 Å². The number of aryl methyl sites for hydroxylation is 1. The van der Waals surface area contributed by atoms with Crippen molar-refractivity contribution in [2.45, 2.75) is 26.7 Å². The fraction of sp³-hybridized carbons (Fsp3) is 0.538. The number of anilines is 1. The van der Waals surface area contributed by atoms with Crippen LogP contribution >= 0.6 is 0 Å². The van der Waals surface area contributed by atoms with Crippen LogP contribution in [0.5, 0.6) is 0 Å². The smallest absolute Gasteiger partial charge is 0.143 e. The van der Waals surface area contributed by atoms with Crippen molar-refractivity contribution in [1.29, 1.82) is 0 Å². The number of hydrogen-bond donors (Lipinski definition) is 1. The first kappa shape index (κ1) is 10.6. The largest absolute Gasteiger partial charge is 0.356 e. The maximum Gasteiger partial charge on any atom is 0.143 e. The second-order valence-electron chi connectivity index (χ2n) is 4.93. The number of aromatic nitrogens is 3. The summed E-state index contributed by atoms with van der Waals surface area (Å²) in [6.45, 7) is 6.70. The van der Waals surface area contributed by atoms with Gasteiger partial charge in [-0.15, -0.1) is 0 Å². The van der Waals surface area contributed by atoms with Crippen LogP contribution in [-0.2, 0) is 6.42 Å². The number of fused-ring (bicyclic) bond motifs is 1. The summed E-state index contributed by atoms with van der Waals surface area (Å²) in [5.74, 6) is 1.88. The summed E-state index contributed by atoms with van der Waals surface area (Å²) in [6, 6.07) is 0. The lowest BCUT2D eigenvalue weighted by molar-refractivity contribution is 0.659. The first-order valence-electron chi connectivity index (χ1n) is 6.35. The molecule has 1 unspecified atom stereocenters. The Morgan fingerprint density at radius 2 is 2.35 bits per heavy atom. The van der Waals surface area contributed by atoms with Gasteiger partial charge in [-0.25, -0.2) is 9.97 Å². The molecule has 90 valence electrons. The van der Waals surface area contributed by atoms with Crippen molar-refractivity contribution in [1.82, 2.24) is 15.0 Å². The van der Waals surface area contributed by atoms with Gasteiger partial charge in [-0.2, -0.15) is 0 Å². The highest BCUT2D eigenvalue weighted by atomic mass is 15.2. The second-order valence-corrected chi connectivity index (χ2v) is 4.93. The number of nitrogens with zero attached hydrogens (tertiary/aromatic N) is 3. The fourth-order valence-electron chi connectivity index (χ4n) is 2.66. The second kappa shape index (κ2) is 4.02. The van der Waals surface area contributed by atoms with Gasteiger partial charge in [-0.3, -0.25) is 0 Å². The van der Waals surface area contributed by atoms with Crippen LogP contribution < -0.4 is 4.90 Å². The molecule has 3 heterocycles. The topological polar surface area (TPSA) is 44.8 Å². The Kier molecular flexibility index (Phi) is 2.50. The summed E-state index contributed by atoms with van der Waals surface area (Å²) in [4.78, 5) is 14.4. The quantitative estimate of drug-likeness (QED) is 0.861. The Hall–Kier alpha value is -1.58. The number of aromatic amines is 1. The SMILES string of the molecule is CCc1c[nH]c2ncnc(N3CCC(C)C3)c12. The molecular formula is C13H18N4. The molecule has 1 aliphatic rings. The highest BCUT2D eigenvalue weighted by Gasteiger charge is 2.23. The molecule has 2 aromatic rings. The minimum atomic E-state index is 0.768. The molecule has 4 nitrogen and oxygen atoms in total. The van der Waals surface area contributed by atoms with Gasteiger partial charge in [0.05, 0.1) is 5.39 Å². The minimum absolute atomic E-state index is 0.768. The molecule has 2 aromatic heterocycles. The van der Waals surface area contributed by atoms with E-state index in [9.17, 15) is 0 Å². The van der Waals surface area contributed by atoms with Gasteiger partial charge < -0.3 is 9.88 Å². The van der Waals surface area contributed by atoms with Crippen LogP contribution in [0.25, 0.3) is 11.0 Å². The first-order chi connectivity index (χ1) is 8.29. The Bertz CT molecular complexity index is 531. The van der Waals surface area contributed by atoms with Gasteiger partial charge in [0.2, 0.25) is 0 Å². The molecule has 1 atom stereocenters. The van der Waals surface area contributed by atoms with Gasteiger partial charge in [0, 0.05) is 19.3 Å². The lowest BCUT2D eigenvalue weighted by Gasteiger charge is -2.18. The van der Waals surface area contributed by atoms with Crippen LogP contribution in [-0.4, -0.2) is 28.0 Å². The van der Waals surface area contributed by atoms with Gasteiger partial charge in [0.1, 0.15) is 17.8 Å². The monoisotopic (exact) mass is 230 g/mol. The molecule has 4 heteroatoms. The summed E-state index contributed by atoms with van der Waals surface area (Å²) in [5, 5.41) is 1.21. The Morgan fingerprint density at radius 3 is 3.06 bits per heavy atom. The van der Waals surface area contributed by atoms with Crippen molar-refractivity contribution >= 4 is 16.9 Å². The van der Waals surface area contributed by atoms with Crippen molar-refractivity contribution in [3.8, 4) is 0 Å². The van der Waals surface area contributed by atoms with E-state index >= 15 is 0 Å². The summed E-state index contributed by atoms with van der Waals surface area (Å²) < 4.78 is 0. The van der Waals surface area contributed by atoms with E-state index < -0.39 is 0 Å². The van der Waals surface area contributed by atoms with Crippen LogP contribution in [0.2, 0.25) is 0 Å². The maximum absolute atomic E-state index is 4.50. The molecule has 0 aliphatic carbocycles. The fourth-order valence-corrected chi connectivity index (χ4v) is 2.66. The lowest BCUT2D eigenvalue weighted by atomic mass is 10.1. The van der Waals surface area contributed by atoms with E-state index in [-0.39, 0.29) is 0 Å². The molecule has 17 heavy (non-hydrogen) atoms. The number of rotatable bonds is 2. The van der Waals surface area contributed by atoms with Crippen LogP contribution in [0.1, 0.15) is 25.8 Å². The van der Waals surface area contributed by atoms with Crippen molar-refractivity contribution in [2.24, 2.45) is 5.92 Å². The predicted octanol–water partition coefficient (Wildman–Crippen LogP) is 2.37. The molecule has 0 bridgehead atoms. The van der Waals surface area contributed by atoms with E-state index in [4.69, 9.17) is 0 Å². The summed E-state index contributed by atoms with van der Waals surface area (Å²) in [6.07, 6.45) is 6.00. The zero-order valence-corrected chi connectivity index (χ0v) is 10.4. The molecule has 1 aliphatic heterocycles. The third-order valence-corrected chi connectivity index (χ3v) is 3.64. The Morgan fingerprint density at radius 1 is 1.47 bits per heavy atom. The lowest BCUT2D eigenvalue weighted by Crippen LogP contribution is -2.20. The standard InChI is InChI=1S/C13H18N4/c1-3-10-6-14-12-11(10)13(16-8-15-12)17-5-4-9(2)7-17/h6,8-9H,3-5,7H2,1-2H3,(H,14,15,16). The van der Waals surface area contributed by atoms with Crippen LogP contribution in [0.4, 0.5) is 5.82 Å². The molecule has 0 radical (unpaired) electrons. The summed E-state index contributed by atoms with van der Waals surface area (Å²) in [5.41, 5.74) is 2.28. The van der Waals surface area contributed by atoms with Crippen LogP contribution in [0.3, 0.4) is 0 Å². The molecule has 3 rings (SSSR count). The summed E-state index contributed by atoms with van der Waals surface area (Å²) in [7, 11) is 0. The van der Waals surface area contributed by atoms with E-state index in [0.717, 1.165) is 36.9 Å². The number of hydrogen-bond acceptors (Lipinski definition) is 3. The zero-order valence-electron chi connectivity index (χ0n) is 10.4. The third-order valence-electron chi connectivity index (χ3n) is 3.64. The predicted molar refractivity (Wildman–Crippen MR) is 69.3 cm³/mol. The highest BCUT2D eigenvalue weighted by Crippen LogP contribution is 2.30. The van der Waals surface area contributed by atoms with Gasteiger partial charge in [0.25, 0.3) is 0 Å². The Labute approximate surface area is 101 Å². The van der Waals surface area contributed by atoms with Crippen molar-refractivity contribution in [2.75, 3.05) is 18.0 Å². The Balaban J connectivity index is 2.11. The van der Waals surface area contributed by atoms with Crippen LogP contribution in [0.15, 0.2) is 12.5 Å². The van der Waals surface area contributed by atoms with Gasteiger partial charge >= 0.3 is 0 Å². The molecule has 1 fully saturated rings. The highest BCUT2D eigenvalue weighted by molar-refractivity contribution is 5.90. The minimum Gasteiger partial charge on any atom is -0.356 e. The van der Waals surface area contributed by atoms with Crippen molar-refractivity contribution in [3.05, 3.63) is 18.1 Å². The van der Waals surface area contributed by atoms with Gasteiger partial charge in [-0.05, 0) is 24.3 Å². The van der Waals surface area contributed by atoms with Gasteiger partial charge in [0.15, 0.2) is 0 Å². The third kappa shape index (κ3) is 1.68. The average molecular weight is 230 g/mol. The average Bonchev–Trinajstić information content (AvgIpc) is 2.94. The molecule has 0 amide bonds. The maximum atomic E-state index is 4.50. The summed E-state index contributed by atoms with van der Waals surface area (Å²) >= 11 is 0. The van der Waals surface area contributed by atoms with E-state index in [2.05, 4.69) is 39.9 Å². The molecular weight excluding hydrogens is 212 g/mol. The number of H-pyrrole nitrogens is 1.